The van der Waals surface area contributed by atoms with E-state index in [9.17, 15) is 18.0 Å². The van der Waals surface area contributed by atoms with Gasteiger partial charge in [-0.3, -0.25) is 9.20 Å². The molecule has 0 aliphatic carbocycles. The first-order valence-corrected chi connectivity index (χ1v) is 7.98. The predicted octanol–water partition coefficient (Wildman–Crippen LogP) is 4.23. The van der Waals surface area contributed by atoms with Crippen LogP contribution in [0.25, 0.3) is 16.9 Å². The minimum Gasteiger partial charge on any atom is -0.382 e. The zero-order chi connectivity index (χ0) is 19.1. The number of nitrogens with zero attached hydrogens (tertiary/aromatic N) is 2. The van der Waals surface area contributed by atoms with Crippen molar-refractivity contribution in [2.45, 2.75) is 0 Å². The van der Waals surface area contributed by atoms with E-state index in [0.29, 0.717) is 16.8 Å². The molecule has 2 heterocycles. The highest BCUT2D eigenvalue weighted by Gasteiger charge is 2.21. The lowest BCUT2D eigenvalue weighted by atomic mass is 10.1. The van der Waals surface area contributed by atoms with Crippen LogP contribution in [0.15, 0.2) is 60.8 Å². The van der Waals surface area contributed by atoms with Crippen molar-refractivity contribution >= 4 is 17.2 Å². The molecule has 0 radical (unpaired) electrons. The van der Waals surface area contributed by atoms with Crippen molar-refractivity contribution in [2.24, 2.45) is 0 Å². The Balaban J connectivity index is 1.91. The van der Waals surface area contributed by atoms with Gasteiger partial charge in [-0.05, 0) is 24.3 Å². The van der Waals surface area contributed by atoms with Crippen LogP contribution in [0.3, 0.4) is 0 Å². The van der Waals surface area contributed by atoms with Gasteiger partial charge in [0, 0.05) is 22.9 Å². The summed E-state index contributed by atoms with van der Waals surface area (Å²) in [6.07, 6.45) is 1.45. The minimum absolute atomic E-state index is 0.0455. The number of fused-ring (bicyclic) bond motifs is 1. The average Bonchev–Trinajstić information content (AvgIpc) is 3.01. The summed E-state index contributed by atoms with van der Waals surface area (Å²) in [6.45, 7) is 0. The number of aromatic nitrogens is 2. The summed E-state index contributed by atoms with van der Waals surface area (Å²) in [6, 6.07) is 13.6. The SMILES string of the molecule is Nc1nc2ccc(C(=O)c3ccccc3)cn2c1-c1ccc(F)c(F)c1F. The molecule has 0 fully saturated rings. The van der Waals surface area contributed by atoms with Crippen molar-refractivity contribution in [1.29, 1.82) is 0 Å². The highest BCUT2D eigenvalue weighted by molar-refractivity contribution is 6.09. The number of hydrogen-bond acceptors (Lipinski definition) is 3. The third-order valence-corrected chi connectivity index (χ3v) is 4.23. The van der Waals surface area contributed by atoms with Crippen LogP contribution in [-0.2, 0) is 0 Å². The van der Waals surface area contributed by atoms with E-state index in [0.717, 1.165) is 12.1 Å². The molecule has 0 spiro atoms. The van der Waals surface area contributed by atoms with Gasteiger partial charge in [-0.15, -0.1) is 0 Å². The van der Waals surface area contributed by atoms with E-state index in [2.05, 4.69) is 4.98 Å². The molecule has 27 heavy (non-hydrogen) atoms. The Labute approximate surface area is 151 Å². The summed E-state index contributed by atoms with van der Waals surface area (Å²) in [5, 5.41) is 0. The second kappa shape index (κ2) is 6.28. The molecule has 134 valence electrons. The molecular weight excluding hydrogens is 355 g/mol. The number of anilines is 1. The molecule has 0 saturated carbocycles. The molecule has 0 bridgehead atoms. The number of pyridine rings is 1. The first-order valence-electron chi connectivity index (χ1n) is 7.98. The van der Waals surface area contributed by atoms with Crippen molar-refractivity contribution in [3.8, 4) is 11.3 Å². The van der Waals surface area contributed by atoms with Gasteiger partial charge < -0.3 is 5.73 Å². The summed E-state index contributed by atoms with van der Waals surface area (Å²) < 4.78 is 42.6. The Hall–Kier alpha value is -3.61. The predicted molar refractivity (Wildman–Crippen MR) is 94.8 cm³/mol. The van der Waals surface area contributed by atoms with E-state index >= 15 is 0 Å². The molecule has 2 aromatic heterocycles. The van der Waals surface area contributed by atoms with Gasteiger partial charge in [-0.2, -0.15) is 0 Å². The monoisotopic (exact) mass is 367 g/mol. The fourth-order valence-electron chi connectivity index (χ4n) is 2.93. The highest BCUT2D eigenvalue weighted by Crippen LogP contribution is 2.31. The maximum absolute atomic E-state index is 14.3. The van der Waals surface area contributed by atoms with Crippen LogP contribution in [-0.4, -0.2) is 15.2 Å². The number of nitrogens with two attached hydrogens (primary N) is 1. The molecule has 0 aliphatic heterocycles. The van der Waals surface area contributed by atoms with Crippen molar-refractivity contribution in [1.82, 2.24) is 9.38 Å². The summed E-state index contributed by atoms with van der Waals surface area (Å²) >= 11 is 0. The number of hydrogen-bond donors (Lipinski definition) is 1. The number of imidazole rings is 1. The minimum atomic E-state index is -1.60. The van der Waals surface area contributed by atoms with Crippen LogP contribution in [0.4, 0.5) is 19.0 Å². The summed E-state index contributed by atoms with van der Waals surface area (Å²) in [4.78, 5) is 16.8. The molecule has 0 atom stereocenters. The fourth-order valence-corrected chi connectivity index (χ4v) is 2.93. The van der Waals surface area contributed by atoms with Crippen LogP contribution < -0.4 is 5.73 Å². The average molecular weight is 367 g/mol. The second-order valence-corrected chi connectivity index (χ2v) is 5.91. The van der Waals surface area contributed by atoms with Crippen molar-refractivity contribution in [3.63, 3.8) is 0 Å². The maximum atomic E-state index is 14.3. The van der Waals surface area contributed by atoms with Gasteiger partial charge in [-0.25, -0.2) is 18.2 Å². The number of rotatable bonds is 3. The summed E-state index contributed by atoms with van der Waals surface area (Å²) in [7, 11) is 0. The highest BCUT2D eigenvalue weighted by atomic mass is 19.2. The van der Waals surface area contributed by atoms with E-state index in [1.54, 1.807) is 42.5 Å². The van der Waals surface area contributed by atoms with Gasteiger partial charge in [0.05, 0.1) is 5.69 Å². The van der Waals surface area contributed by atoms with Crippen LogP contribution in [0, 0.1) is 17.5 Å². The zero-order valence-corrected chi connectivity index (χ0v) is 13.8. The van der Waals surface area contributed by atoms with Gasteiger partial charge in [-0.1, -0.05) is 30.3 Å². The van der Waals surface area contributed by atoms with Crippen LogP contribution in [0.1, 0.15) is 15.9 Å². The van der Waals surface area contributed by atoms with Gasteiger partial charge in [0.15, 0.2) is 29.1 Å². The van der Waals surface area contributed by atoms with Gasteiger partial charge in [0.1, 0.15) is 5.65 Å². The van der Waals surface area contributed by atoms with Gasteiger partial charge in [0.25, 0.3) is 0 Å². The number of nitrogen functional groups attached to an aromatic ring is 1. The molecule has 2 aromatic carbocycles. The maximum Gasteiger partial charge on any atom is 0.195 e. The normalized spacial score (nSPS) is 11.1. The third-order valence-electron chi connectivity index (χ3n) is 4.23. The topological polar surface area (TPSA) is 60.4 Å². The Morgan fingerprint density at radius 3 is 2.37 bits per heavy atom. The summed E-state index contributed by atoms with van der Waals surface area (Å²) in [5.41, 5.74) is 6.81. The molecule has 4 rings (SSSR count). The quantitative estimate of drug-likeness (QED) is 0.435. The first kappa shape index (κ1) is 16.8. The molecular formula is C20H12F3N3O. The Bertz CT molecular complexity index is 1190. The van der Waals surface area contributed by atoms with E-state index in [4.69, 9.17) is 5.73 Å². The number of halogens is 3. The lowest BCUT2D eigenvalue weighted by Crippen LogP contribution is -2.04. The lowest BCUT2D eigenvalue weighted by Gasteiger charge is -2.08. The summed E-state index contributed by atoms with van der Waals surface area (Å²) in [5.74, 6) is -4.59. The van der Waals surface area contributed by atoms with Crippen molar-refractivity contribution in [2.75, 3.05) is 5.73 Å². The van der Waals surface area contributed by atoms with Crippen molar-refractivity contribution < 1.29 is 18.0 Å². The van der Waals surface area contributed by atoms with E-state index in [1.807, 2.05) is 0 Å². The Kier molecular flexibility index (Phi) is 3.92. The number of carbonyl (C=O) groups excluding carboxylic acids is 1. The Morgan fingerprint density at radius 1 is 0.889 bits per heavy atom. The molecule has 0 aliphatic rings. The van der Waals surface area contributed by atoms with Crippen molar-refractivity contribution in [3.05, 3.63) is 89.4 Å². The second-order valence-electron chi connectivity index (χ2n) is 5.91. The largest absolute Gasteiger partial charge is 0.382 e. The molecule has 7 heteroatoms. The molecule has 0 saturated heterocycles. The third kappa shape index (κ3) is 2.73. The zero-order valence-electron chi connectivity index (χ0n) is 13.8. The van der Waals surface area contributed by atoms with Gasteiger partial charge >= 0.3 is 0 Å². The first-order chi connectivity index (χ1) is 13.0. The number of benzene rings is 2. The van der Waals surface area contributed by atoms with E-state index < -0.39 is 17.5 Å². The van der Waals surface area contributed by atoms with E-state index in [1.165, 1.54) is 10.6 Å². The van der Waals surface area contributed by atoms with E-state index in [-0.39, 0.29) is 22.9 Å². The van der Waals surface area contributed by atoms with Crippen LogP contribution >= 0.6 is 0 Å². The number of carbonyl (C=O) groups is 1. The molecule has 2 N–H and O–H groups in total. The standard InChI is InChI=1S/C20H12F3N3O/c21-14-8-7-13(16(22)17(14)23)18-20(24)25-15-9-6-12(10-26(15)18)19(27)11-4-2-1-3-5-11/h1-10H,24H2. The fraction of sp³-hybridized carbons (Fsp3) is 0. The van der Waals surface area contributed by atoms with Gasteiger partial charge in [0.2, 0.25) is 0 Å². The van der Waals surface area contributed by atoms with Crippen LogP contribution in [0.5, 0.6) is 0 Å². The molecule has 4 aromatic rings. The number of ketones is 1. The molecule has 0 amide bonds. The van der Waals surface area contributed by atoms with Crippen LogP contribution in [0.2, 0.25) is 0 Å². The Morgan fingerprint density at radius 2 is 1.63 bits per heavy atom. The smallest absolute Gasteiger partial charge is 0.195 e. The molecule has 4 nitrogen and oxygen atoms in total. The molecule has 0 unspecified atom stereocenters. The lowest BCUT2D eigenvalue weighted by molar-refractivity contribution is 0.103.